The van der Waals surface area contributed by atoms with E-state index in [9.17, 15) is 4.79 Å². The molecule has 0 aliphatic carbocycles. The van der Waals surface area contributed by atoms with Crippen LogP contribution in [0, 0.1) is 0 Å². The monoisotopic (exact) mass is 313 g/mol. The number of primary amides is 1. The molecule has 1 aromatic heterocycles. The molecule has 2 aromatic carbocycles. The molecule has 0 saturated carbocycles. The molecule has 4 nitrogen and oxygen atoms in total. The van der Waals surface area contributed by atoms with Crippen LogP contribution in [0.15, 0.2) is 42.5 Å². The molecule has 5 heteroatoms. The number of thiophene rings is 1. The lowest BCUT2D eigenvalue weighted by molar-refractivity contribution is 0.100. The van der Waals surface area contributed by atoms with Gasteiger partial charge in [-0.05, 0) is 48.0 Å². The number of carbonyl (C=O) groups is 1. The molecule has 0 bridgehead atoms. The Hall–Kier alpha value is -2.53. The van der Waals surface area contributed by atoms with Gasteiger partial charge in [0.15, 0.2) is 0 Å². The molecular weight excluding hydrogens is 298 g/mol. The third-order valence-corrected chi connectivity index (χ3v) is 4.70. The number of benzene rings is 2. The van der Waals surface area contributed by atoms with Crippen molar-refractivity contribution in [3.05, 3.63) is 48.0 Å². The maximum atomic E-state index is 11.9. The van der Waals surface area contributed by atoms with Gasteiger partial charge in [0.1, 0.15) is 11.5 Å². The van der Waals surface area contributed by atoms with E-state index in [1.54, 1.807) is 14.2 Å². The van der Waals surface area contributed by atoms with E-state index in [2.05, 4.69) is 0 Å². The zero-order valence-corrected chi connectivity index (χ0v) is 13.1. The van der Waals surface area contributed by atoms with Crippen LogP contribution in [0.25, 0.3) is 20.5 Å². The second-order valence-corrected chi connectivity index (χ2v) is 5.81. The summed E-state index contributed by atoms with van der Waals surface area (Å²) >= 11 is 1.53. The van der Waals surface area contributed by atoms with Gasteiger partial charge in [-0.15, -0.1) is 11.3 Å². The summed E-state index contributed by atoms with van der Waals surface area (Å²) in [5.74, 6) is 1.10. The number of amides is 1. The molecule has 1 amide bonds. The highest BCUT2D eigenvalue weighted by molar-refractivity contribution is 7.22. The molecule has 22 heavy (non-hydrogen) atoms. The van der Waals surface area contributed by atoms with Gasteiger partial charge in [-0.3, -0.25) is 4.79 Å². The van der Waals surface area contributed by atoms with Crippen LogP contribution in [-0.4, -0.2) is 20.1 Å². The van der Waals surface area contributed by atoms with Crippen LogP contribution in [0.3, 0.4) is 0 Å². The van der Waals surface area contributed by atoms with Crippen molar-refractivity contribution in [3.8, 4) is 21.9 Å². The molecule has 0 atom stereocenters. The lowest BCUT2D eigenvalue weighted by Gasteiger charge is -2.03. The van der Waals surface area contributed by atoms with E-state index in [0.717, 1.165) is 32.0 Å². The van der Waals surface area contributed by atoms with Gasteiger partial charge in [-0.1, -0.05) is 0 Å². The lowest BCUT2D eigenvalue weighted by Crippen LogP contribution is -2.11. The molecule has 3 rings (SSSR count). The van der Waals surface area contributed by atoms with Crippen LogP contribution >= 0.6 is 11.3 Å². The van der Waals surface area contributed by atoms with E-state index in [1.165, 1.54) is 11.3 Å². The van der Waals surface area contributed by atoms with E-state index in [4.69, 9.17) is 15.2 Å². The van der Waals surface area contributed by atoms with E-state index in [-0.39, 0.29) is 0 Å². The third-order valence-electron chi connectivity index (χ3n) is 3.50. The summed E-state index contributed by atoms with van der Waals surface area (Å²) in [5.41, 5.74) is 7.09. The van der Waals surface area contributed by atoms with Crippen molar-refractivity contribution in [3.63, 3.8) is 0 Å². The molecule has 112 valence electrons. The highest BCUT2D eigenvalue weighted by atomic mass is 32.1. The first-order valence-electron chi connectivity index (χ1n) is 6.69. The van der Waals surface area contributed by atoms with Crippen LogP contribution in [0.4, 0.5) is 0 Å². The van der Waals surface area contributed by atoms with Crippen molar-refractivity contribution in [1.82, 2.24) is 0 Å². The Morgan fingerprint density at radius 3 is 2.23 bits per heavy atom. The molecule has 0 spiro atoms. The van der Waals surface area contributed by atoms with Crippen molar-refractivity contribution in [2.75, 3.05) is 14.2 Å². The summed E-state index contributed by atoms with van der Waals surface area (Å²) in [6.07, 6.45) is 0. The summed E-state index contributed by atoms with van der Waals surface area (Å²) < 4.78 is 11.4. The minimum Gasteiger partial charge on any atom is -0.497 e. The summed E-state index contributed by atoms with van der Waals surface area (Å²) in [5, 5.41) is 0.851. The van der Waals surface area contributed by atoms with Crippen LogP contribution in [0.2, 0.25) is 0 Å². The predicted octanol–water partition coefficient (Wildman–Crippen LogP) is 3.68. The predicted molar refractivity (Wildman–Crippen MR) is 88.9 cm³/mol. The van der Waals surface area contributed by atoms with Gasteiger partial charge in [0, 0.05) is 15.0 Å². The summed E-state index contributed by atoms with van der Waals surface area (Å²) in [6, 6.07) is 13.2. The summed E-state index contributed by atoms with van der Waals surface area (Å²) in [7, 11) is 3.24. The van der Waals surface area contributed by atoms with Crippen molar-refractivity contribution >= 4 is 27.3 Å². The molecular formula is C17H15NO3S. The molecule has 0 aliphatic rings. The molecule has 0 unspecified atom stereocenters. The number of hydrogen-bond donors (Lipinski definition) is 1. The Kier molecular flexibility index (Phi) is 3.73. The minimum atomic E-state index is -0.428. The van der Waals surface area contributed by atoms with Gasteiger partial charge in [-0.2, -0.15) is 0 Å². The maximum Gasteiger partial charge on any atom is 0.250 e. The topological polar surface area (TPSA) is 61.6 Å². The van der Waals surface area contributed by atoms with Crippen LogP contribution in [-0.2, 0) is 0 Å². The van der Waals surface area contributed by atoms with Crippen molar-refractivity contribution in [2.24, 2.45) is 5.73 Å². The molecule has 0 saturated heterocycles. The van der Waals surface area contributed by atoms with Crippen molar-refractivity contribution in [1.29, 1.82) is 0 Å². The second kappa shape index (κ2) is 5.69. The number of methoxy groups -OCH3 is 2. The third kappa shape index (κ3) is 2.40. The Balaban J connectivity index is 2.22. The fraction of sp³-hybridized carbons (Fsp3) is 0.118. The van der Waals surface area contributed by atoms with E-state index >= 15 is 0 Å². The number of nitrogens with two attached hydrogens (primary N) is 1. The van der Waals surface area contributed by atoms with Crippen molar-refractivity contribution < 1.29 is 14.3 Å². The largest absolute Gasteiger partial charge is 0.497 e. The standard InChI is InChI=1S/C17H15NO3S/c1-20-11-5-3-10(4-6-11)16-15(17(18)19)13-8-7-12(21-2)9-14(13)22-16/h3-9H,1-2H3,(H2,18,19). The second-order valence-electron chi connectivity index (χ2n) is 4.76. The van der Waals surface area contributed by atoms with Crippen LogP contribution < -0.4 is 15.2 Å². The number of hydrogen-bond acceptors (Lipinski definition) is 4. The number of fused-ring (bicyclic) bond motifs is 1. The highest BCUT2D eigenvalue weighted by Crippen LogP contribution is 2.40. The van der Waals surface area contributed by atoms with Gasteiger partial charge < -0.3 is 15.2 Å². The maximum absolute atomic E-state index is 11.9. The first-order valence-corrected chi connectivity index (χ1v) is 7.50. The fourth-order valence-corrected chi connectivity index (χ4v) is 3.64. The Morgan fingerprint density at radius 2 is 1.64 bits per heavy atom. The van der Waals surface area contributed by atoms with E-state index in [0.29, 0.717) is 5.56 Å². The van der Waals surface area contributed by atoms with Gasteiger partial charge in [0.05, 0.1) is 19.8 Å². The SMILES string of the molecule is COc1ccc(-c2sc3cc(OC)ccc3c2C(N)=O)cc1. The molecule has 2 N–H and O–H groups in total. The molecule has 1 heterocycles. The molecule has 0 fully saturated rings. The summed E-state index contributed by atoms with van der Waals surface area (Å²) in [4.78, 5) is 12.8. The Labute approximate surface area is 132 Å². The van der Waals surface area contributed by atoms with Gasteiger partial charge in [0.2, 0.25) is 0 Å². The quantitative estimate of drug-likeness (QED) is 0.799. The lowest BCUT2D eigenvalue weighted by atomic mass is 10.1. The molecule has 3 aromatic rings. The fourth-order valence-electron chi connectivity index (χ4n) is 2.39. The number of ether oxygens (including phenoxy) is 2. The smallest absolute Gasteiger partial charge is 0.250 e. The van der Waals surface area contributed by atoms with E-state index < -0.39 is 5.91 Å². The van der Waals surface area contributed by atoms with Gasteiger partial charge >= 0.3 is 0 Å². The van der Waals surface area contributed by atoms with Gasteiger partial charge in [0.25, 0.3) is 5.91 Å². The average Bonchev–Trinajstić information content (AvgIpc) is 2.93. The Morgan fingerprint density at radius 1 is 1.00 bits per heavy atom. The summed E-state index contributed by atoms with van der Waals surface area (Å²) in [6.45, 7) is 0. The van der Waals surface area contributed by atoms with Crippen LogP contribution in [0.5, 0.6) is 11.5 Å². The van der Waals surface area contributed by atoms with Crippen molar-refractivity contribution in [2.45, 2.75) is 0 Å². The minimum absolute atomic E-state index is 0.428. The molecule has 0 radical (unpaired) electrons. The Bertz CT molecular complexity index is 837. The van der Waals surface area contributed by atoms with E-state index in [1.807, 2.05) is 42.5 Å². The zero-order chi connectivity index (χ0) is 15.7. The van der Waals surface area contributed by atoms with Crippen LogP contribution in [0.1, 0.15) is 10.4 Å². The average molecular weight is 313 g/mol. The zero-order valence-electron chi connectivity index (χ0n) is 12.3. The number of rotatable bonds is 4. The normalized spacial score (nSPS) is 10.6. The number of carbonyl (C=O) groups excluding carboxylic acids is 1. The first-order chi connectivity index (χ1) is 10.6. The van der Waals surface area contributed by atoms with Gasteiger partial charge in [-0.25, -0.2) is 0 Å². The first kappa shape index (κ1) is 14.4. The highest BCUT2D eigenvalue weighted by Gasteiger charge is 2.18. The molecule has 0 aliphatic heterocycles.